The zero-order valence-electron chi connectivity index (χ0n) is 24.2. The van der Waals surface area contributed by atoms with E-state index in [2.05, 4.69) is 5.09 Å². The third kappa shape index (κ3) is 7.94. The molecule has 1 aliphatic rings. The van der Waals surface area contributed by atoms with Crippen molar-refractivity contribution in [3.63, 3.8) is 0 Å². The number of alkyl halides is 1. The van der Waals surface area contributed by atoms with Gasteiger partial charge in [-0.1, -0.05) is 0 Å². The van der Waals surface area contributed by atoms with Crippen LogP contribution in [0, 0.1) is 0 Å². The minimum absolute atomic E-state index is 0.276. The zero-order valence-corrected chi connectivity index (χ0v) is 25.2. The van der Waals surface area contributed by atoms with Gasteiger partial charge in [0.05, 0.1) is 0 Å². The molecule has 2 aromatic carbocycles. The van der Waals surface area contributed by atoms with E-state index in [4.69, 9.17) is 18.5 Å². The number of aromatic amines is 1. The fourth-order valence-electron chi connectivity index (χ4n) is 4.64. The van der Waals surface area contributed by atoms with Gasteiger partial charge in [0.1, 0.15) is 0 Å². The van der Waals surface area contributed by atoms with Crippen molar-refractivity contribution in [1.82, 2.24) is 14.6 Å². The quantitative estimate of drug-likeness (QED) is 0.175. The number of para-hydroxylation sites is 1. The second kappa shape index (κ2) is 13.5. The van der Waals surface area contributed by atoms with Crippen LogP contribution in [0.2, 0.25) is 0 Å². The summed E-state index contributed by atoms with van der Waals surface area (Å²) >= 11 is 0. The van der Waals surface area contributed by atoms with Gasteiger partial charge in [0.2, 0.25) is 0 Å². The Labute approximate surface area is 248 Å². The van der Waals surface area contributed by atoms with E-state index in [1.807, 2.05) is 47.4 Å². The first kappa shape index (κ1) is 32.5. The van der Waals surface area contributed by atoms with Gasteiger partial charge in [-0.25, -0.2) is 0 Å². The summed E-state index contributed by atoms with van der Waals surface area (Å²) in [5, 5.41) is 13.5. The molecule has 5 atom stereocenters. The monoisotopic (exact) mass is 621 g/mol. The Morgan fingerprint density at radius 1 is 1.14 bits per heavy atom. The van der Waals surface area contributed by atoms with Crippen LogP contribution in [-0.4, -0.2) is 62.1 Å². The number of hydrogen-bond donors (Lipinski definition) is 4. The second-order valence-electron chi connectivity index (χ2n) is 10.8. The predicted molar refractivity (Wildman–Crippen MR) is 157 cm³/mol. The summed E-state index contributed by atoms with van der Waals surface area (Å²) in [7, 11) is -4.56. The fourth-order valence-corrected chi connectivity index (χ4v) is 6.39. The Bertz CT molecular complexity index is 1520. The number of esters is 1. The second-order valence-corrected chi connectivity index (χ2v) is 12.7. The number of hydrogen-bond acceptors (Lipinski definition) is 10. The fraction of sp³-hybridized carbons (Fsp3) is 0.414. The van der Waals surface area contributed by atoms with Crippen molar-refractivity contribution in [2.75, 3.05) is 6.61 Å². The van der Waals surface area contributed by atoms with E-state index in [0.29, 0.717) is 12.0 Å². The normalized spacial score (nSPS) is 23.2. The van der Waals surface area contributed by atoms with E-state index < -0.39 is 68.2 Å². The molecule has 1 aromatic heterocycles. The molecule has 1 fully saturated rings. The summed E-state index contributed by atoms with van der Waals surface area (Å²) in [6.07, 6.45) is -3.69. The van der Waals surface area contributed by atoms with Crippen LogP contribution in [-0.2, 0) is 25.2 Å². The van der Waals surface area contributed by atoms with E-state index >= 15 is 4.39 Å². The van der Waals surface area contributed by atoms with Crippen molar-refractivity contribution in [2.24, 2.45) is 0 Å². The van der Waals surface area contributed by atoms with Crippen LogP contribution in [0.1, 0.15) is 45.0 Å². The van der Waals surface area contributed by atoms with Crippen LogP contribution in [0.15, 0.2) is 76.4 Å². The van der Waals surface area contributed by atoms with Crippen molar-refractivity contribution in [3.8, 4) is 5.75 Å². The third-order valence-electron chi connectivity index (χ3n) is 6.83. The summed E-state index contributed by atoms with van der Waals surface area (Å²) < 4.78 is 39.3. The molecule has 0 amide bonds. The van der Waals surface area contributed by atoms with E-state index in [9.17, 15) is 24.4 Å². The number of aliphatic hydroxyl groups is 1. The summed E-state index contributed by atoms with van der Waals surface area (Å²) in [6.45, 7) is 5.28. The Morgan fingerprint density at radius 3 is 2.49 bits per heavy atom. The number of halogens is 1. The van der Waals surface area contributed by atoms with Gasteiger partial charge in [-0.15, -0.1) is 0 Å². The predicted octanol–water partition coefficient (Wildman–Crippen LogP) is 2.54. The number of benzene rings is 2. The van der Waals surface area contributed by atoms with Crippen LogP contribution >= 0.6 is 8.09 Å². The van der Waals surface area contributed by atoms with E-state index in [1.165, 1.54) is 6.92 Å². The third-order valence-corrected chi connectivity index (χ3v) is 8.68. The number of nitrogens with one attached hydrogen (secondary N) is 2. The van der Waals surface area contributed by atoms with Gasteiger partial charge in [-0.3, -0.25) is 0 Å². The van der Waals surface area contributed by atoms with Gasteiger partial charge in [-0.2, -0.15) is 0 Å². The van der Waals surface area contributed by atoms with Crippen molar-refractivity contribution >= 4 is 14.1 Å². The maximum absolute atomic E-state index is 15.7. The molecule has 43 heavy (non-hydrogen) atoms. The molecule has 14 heteroatoms. The maximum atomic E-state index is 15.7. The van der Waals surface area contributed by atoms with Gasteiger partial charge in [0.25, 0.3) is 0 Å². The number of aliphatic hydroxyl groups excluding tert-OH is 1. The van der Waals surface area contributed by atoms with Gasteiger partial charge in [0.15, 0.2) is 0 Å². The molecule has 2 heterocycles. The van der Waals surface area contributed by atoms with Crippen LogP contribution in [0.3, 0.4) is 0 Å². The molecule has 1 saturated heterocycles. The van der Waals surface area contributed by atoms with E-state index in [-0.39, 0.29) is 5.75 Å². The average Bonchev–Trinajstić information content (AvgIpc) is 3.16. The van der Waals surface area contributed by atoms with Gasteiger partial charge in [-0.05, 0) is 0 Å². The Balaban J connectivity index is 1.58. The van der Waals surface area contributed by atoms with E-state index in [0.717, 1.165) is 29.3 Å². The molecule has 234 valence electrons. The van der Waals surface area contributed by atoms with Crippen LogP contribution in [0.25, 0.3) is 0 Å². The Hall–Kier alpha value is -3.45. The van der Waals surface area contributed by atoms with Crippen LogP contribution in [0.4, 0.5) is 4.39 Å². The number of carbonyl (C=O) groups excluding carboxylic acids is 1. The summed E-state index contributed by atoms with van der Waals surface area (Å²) in [5.41, 5.74) is -2.40. The molecule has 1 unspecified atom stereocenters. The molecule has 4 N–H and O–H groups in total. The Morgan fingerprint density at radius 2 is 1.81 bits per heavy atom. The standard InChI is InChI=1S/C29H37FN3O9P/c1-18(2)40-26(36)19(3)32-43(38,42-22-13-9-8-12-21(22)16-20-10-6-5-7-11-20)39-17-23-25(35)29(4,30)27(41-23)33-15-14-24(34)31-28(33)37/h5-15,18-19,23,25,27,32,35,38,43H,16-17H2,1-4H3,(H,31,34,37)/t19-,23?,25+,27+,29+/m0/s1. The molecule has 0 radical (unpaired) electrons. The van der Waals surface area contributed by atoms with Crippen LogP contribution < -0.4 is 20.9 Å². The van der Waals surface area contributed by atoms with Crippen molar-refractivity contribution in [2.45, 2.75) is 70.4 Å². The first-order valence-electron chi connectivity index (χ1n) is 13.8. The van der Waals surface area contributed by atoms with Crippen molar-refractivity contribution < 1.29 is 37.7 Å². The van der Waals surface area contributed by atoms with E-state index in [1.54, 1.807) is 26.0 Å². The number of carbonyl (C=O) groups is 1. The molecule has 0 saturated carbocycles. The SMILES string of the molecule is CC(C)OC(=O)[C@H](C)N[PH](O)(OCC1O[C@@H](n2ccc(=O)[nH]c2=O)[C@](C)(F)[C@@H]1O)Oc1ccccc1Cc1ccccc1. The van der Waals surface area contributed by atoms with Gasteiger partial charge >= 0.3 is 248 Å². The molecular weight excluding hydrogens is 584 g/mol. The molecule has 3 aromatic rings. The number of ether oxygens (including phenoxy) is 2. The number of H-pyrrole nitrogens is 1. The summed E-state index contributed by atoms with van der Waals surface area (Å²) in [6, 6.07) is 16.5. The summed E-state index contributed by atoms with van der Waals surface area (Å²) in [5.74, 6) is -0.393. The molecular formula is C29H37FN3O9P. The van der Waals surface area contributed by atoms with Crippen molar-refractivity contribution in [1.29, 1.82) is 0 Å². The average molecular weight is 622 g/mol. The topological polar surface area (TPSA) is 161 Å². The zero-order chi connectivity index (χ0) is 31.4. The van der Waals surface area contributed by atoms with Gasteiger partial charge in [0, 0.05) is 0 Å². The molecule has 12 nitrogen and oxygen atoms in total. The number of rotatable bonds is 12. The molecule has 0 spiro atoms. The Kier molecular flexibility index (Phi) is 10.2. The summed E-state index contributed by atoms with van der Waals surface area (Å²) in [4.78, 5) is 50.1. The number of nitrogens with zero attached hydrogens (tertiary/aromatic N) is 1. The molecule has 1 aliphatic heterocycles. The van der Waals surface area contributed by atoms with Crippen molar-refractivity contribution in [3.05, 3.63) is 98.8 Å². The van der Waals surface area contributed by atoms with Crippen LogP contribution in [0.5, 0.6) is 5.75 Å². The molecule has 0 bridgehead atoms. The number of aromatic nitrogens is 2. The first-order valence-corrected chi connectivity index (χ1v) is 15.5. The first-order chi connectivity index (χ1) is 20.3. The molecule has 4 rings (SSSR count). The molecule has 0 aliphatic carbocycles. The minimum atomic E-state index is -4.56. The van der Waals surface area contributed by atoms with Gasteiger partial charge < -0.3 is 0 Å².